The van der Waals surface area contributed by atoms with Gasteiger partial charge in [0.15, 0.2) is 5.13 Å². The molecule has 3 rings (SSSR count). The third-order valence-electron chi connectivity index (χ3n) is 3.85. The number of carbonyl (C=O) groups excluding carboxylic acids is 3. The second-order valence-electron chi connectivity index (χ2n) is 6.27. The van der Waals surface area contributed by atoms with Crippen molar-refractivity contribution in [1.82, 2.24) is 4.98 Å². The third kappa shape index (κ3) is 6.13. The van der Waals surface area contributed by atoms with Crippen LogP contribution < -0.4 is 20.7 Å². The summed E-state index contributed by atoms with van der Waals surface area (Å²) in [6.45, 7) is 1.39. The molecule has 1 aromatic carbocycles. The Hall–Kier alpha value is -3.24. The monoisotopic (exact) mass is 444 g/mol. The van der Waals surface area contributed by atoms with Gasteiger partial charge in [-0.1, -0.05) is 6.07 Å². The summed E-state index contributed by atoms with van der Waals surface area (Å²) in [5.74, 6) is -0.166. The second kappa shape index (κ2) is 9.99. The number of thiazole rings is 1. The van der Waals surface area contributed by atoms with Crippen molar-refractivity contribution in [3.8, 4) is 5.75 Å². The van der Waals surface area contributed by atoms with Crippen LogP contribution in [0.3, 0.4) is 0 Å². The molecule has 0 spiro atoms. The molecule has 30 heavy (non-hydrogen) atoms. The van der Waals surface area contributed by atoms with Crippen molar-refractivity contribution in [2.45, 2.75) is 19.8 Å². The van der Waals surface area contributed by atoms with Gasteiger partial charge in [0.05, 0.1) is 31.3 Å². The lowest BCUT2D eigenvalue weighted by atomic mass is 10.2. The van der Waals surface area contributed by atoms with Crippen LogP contribution in [-0.4, -0.2) is 29.8 Å². The van der Waals surface area contributed by atoms with Gasteiger partial charge in [0.1, 0.15) is 5.75 Å². The van der Waals surface area contributed by atoms with Gasteiger partial charge in [0, 0.05) is 22.9 Å². The van der Waals surface area contributed by atoms with E-state index in [1.54, 1.807) is 23.6 Å². The van der Waals surface area contributed by atoms with Gasteiger partial charge in [0.25, 0.3) is 0 Å². The first kappa shape index (κ1) is 21.5. The number of nitrogens with one attached hydrogen (secondary N) is 3. The molecular formula is C20H20N4O4S2. The molecule has 3 aromatic rings. The third-order valence-corrected chi connectivity index (χ3v) is 5.53. The summed E-state index contributed by atoms with van der Waals surface area (Å²) in [6.07, 6.45) is 0.347. The number of ether oxygens (including phenoxy) is 1. The Bertz CT molecular complexity index is 1050. The first-order valence-corrected chi connectivity index (χ1v) is 10.7. The van der Waals surface area contributed by atoms with Gasteiger partial charge in [-0.3, -0.25) is 14.4 Å². The average Bonchev–Trinajstić information content (AvgIpc) is 3.33. The number of rotatable bonds is 8. The molecule has 0 unspecified atom stereocenters. The molecule has 2 heterocycles. The van der Waals surface area contributed by atoms with E-state index >= 15 is 0 Å². The maximum Gasteiger partial charge on any atom is 0.231 e. The highest BCUT2D eigenvalue weighted by molar-refractivity contribution is 7.14. The summed E-state index contributed by atoms with van der Waals surface area (Å²) in [5.41, 5.74) is 1.54. The van der Waals surface area contributed by atoms with E-state index in [0.717, 1.165) is 4.88 Å². The van der Waals surface area contributed by atoms with Crippen LogP contribution in [0.5, 0.6) is 5.75 Å². The van der Waals surface area contributed by atoms with E-state index < -0.39 is 0 Å². The number of hydrogen-bond donors (Lipinski definition) is 3. The van der Waals surface area contributed by atoms with Crippen molar-refractivity contribution in [3.05, 3.63) is 51.7 Å². The summed E-state index contributed by atoms with van der Waals surface area (Å²) < 4.78 is 5.20. The highest BCUT2D eigenvalue weighted by atomic mass is 32.1. The Labute approximate surface area is 181 Å². The molecule has 0 atom stereocenters. The summed E-state index contributed by atoms with van der Waals surface area (Å²) in [4.78, 5) is 41.0. The largest absolute Gasteiger partial charge is 0.495 e. The summed E-state index contributed by atoms with van der Waals surface area (Å²) in [6, 6.07) is 8.76. The van der Waals surface area contributed by atoms with Gasteiger partial charge in [-0.15, -0.1) is 22.7 Å². The van der Waals surface area contributed by atoms with Crippen LogP contribution in [-0.2, 0) is 27.2 Å². The number of aromatic nitrogens is 1. The number of anilines is 3. The number of thiophene rings is 1. The fourth-order valence-electron chi connectivity index (χ4n) is 2.62. The van der Waals surface area contributed by atoms with Crippen LogP contribution in [0, 0.1) is 0 Å². The lowest BCUT2D eigenvalue weighted by Gasteiger charge is -2.11. The van der Waals surface area contributed by atoms with E-state index in [1.165, 1.54) is 36.7 Å². The zero-order valence-electron chi connectivity index (χ0n) is 16.4. The molecule has 3 N–H and O–H groups in total. The summed E-state index contributed by atoms with van der Waals surface area (Å²) in [7, 11) is 1.50. The van der Waals surface area contributed by atoms with Gasteiger partial charge in [0.2, 0.25) is 17.7 Å². The molecule has 0 bridgehead atoms. The van der Waals surface area contributed by atoms with E-state index in [4.69, 9.17) is 4.74 Å². The van der Waals surface area contributed by atoms with Crippen LogP contribution in [0.15, 0.2) is 41.1 Å². The molecule has 0 fully saturated rings. The van der Waals surface area contributed by atoms with E-state index in [0.29, 0.717) is 34.4 Å². The fraction of sp³-hybridized carbons (Fsp3) is 0.200. The van der Waals surface area contributed by atoms with Crippen molar-refractivity contribution in [3.63, 3.8) is 0 Å². The minimum absolute atomic E-state index is 0.0544. The van der Waals surface area contributed by atoms with Gasteiger partial charge in [-0.25, -0.2) is 4.98 Å². The number of amides is 3. The number of benzene rings is 1. The van der Waals surface area contributed by atoms with E-state index in [1.807, 2.05) is 17.5 Å². The molecule has 10 heteroatoms. The van der Waals surface area contributed by atoms with Gasteiger partial charge in [-0.05, 0) is 29.6 Å². The second-order valence-corrected chi connectivity index (χ2v) is 8.16. The molecule has 0 aliphatic rings. The Kier molecular flexibility index (Phi) is 7.15. The standard InChI is InChI=1S/C20H20N4O4S2/c1-12(25)21-16-8-13(5-6-17(16)28-2)22-18(26)9-14-11-30-20(23-14)24-19(27)10-15-4-3-7-29-15/h3-8,11H,9-10H2,1-2H3,(H,21,25)(H,22,26)(H,23,24,27). The Morgan fingerprint density at radius 1 is 1.03 bits per heavy atom. The normalized spacial score (nSPS) is 10.3. The molecule has 8 nitrogen and oxygen atoms in total. The Morgan fingerprint density at radius 2 is 1.83 bits per heavy atom. The molecule has 0 aliphatic carbocycles. The highest BCUT2D eigenvalue weighted by Gasteiger charge is 2.12. The molecule has 2 aromatic heterocycles. The van der Waals surface area contributed by atoms with Crippen LogP contribution in [0.4, 0.5) is 16.5 Å². The summed E-state index contributed by atoms with van der Waals surface area (Å²) >= 11 is 2.79. The number of methoxy groups -OCH3 is 1. The molecule has 0 saturated heterocycles. The quantitative estimate of drug-likeness (QED) is 0.492. The zero-order valence-corrected chi connectivity index (χ0v) is 18.0. The first-order chi connectivity index (χ1) is 14.4. The Balaban J connectivity index is 1.56. The molecule has 156 valence electrons. The van der Waals surface area contributed by atoms with E-state index in [9.17, 15) is 14.4 Å². The minimum atomic E-state index is -0.268. The topological polar surface area (TPSA) is 109 Å². The van der Waals surface area contributed by atoms with Gasteiger partial charge in [-0.2, -0.15) is 0 Å². The van der Waals surface area contributed by atoms with Gasteiger partial charge >= 0.3 is 0 Å². The average molecular weight is 445 g/mol. The Morgan fingerprint density at radius 3 is 2.53 bits per heavy atom. The summed E-state index contributed by atoms with van der Waals surface area (Å²) in [5, 5.41) is 12.3. The predicted octanol–water partition coefficient (Wildman–Crippen LogP) is 3.53. The van der Waals surface area contributed by atoms with Crippen molar-refractivity contribution in [2.24, 2.45) is 0 Å². The van der Waals surface area contributed by atoms with E-state index in [2.05, 4.69) is 20.9 Å². The molecular weight excluding hydrogens is 424 g/mol. The first-order valence-electron chi connectivity index (χ1n) is 8.95. The lowest BCUT2D eigenvalue weighted by molar-refractivity contribution is -0.116. The predicted molar refractivity (Wildman–Crippen MR) is 118 cm³/mol. The number of carbonyl (C=O) groups is 3. The number of hydrogen-bond acceptors (Lipinski definition) is 7. The van der Waals surface area contributed by atoms with Crippen LogP contribution in [0.25, 0.3) is 0 Å². The number of nitrogens with zero attached hydrogens (tertiary/aromatic N) is 1. The van der Waals surface area contributed by atoms with Crippen LogP contribution >= 0.6 is 22.7 Å². The highest BCUT2D eigenvalue weighted by Crippen LogP contribution is 2.28. The lowest BCUT2D eigenvalue weighted by Crippen LogP contribution is -2.16. The fourth-order valence-corrected chi connectivity index (χ4v) is 4.05. The zero-order chi connectivity index (χ0) is 21.5. The maximum absolute atomic E-state index is 12.4. The van der Waals surface area contributed by atoms with Crippen LogP contribution in [0.1, 0.15) is 17.5 Å². The van der Waals surface area contributed by atoms with Crippen molar-refractivity contribution < 1.29 is 19.1 Å². The molecule has 0 aliphatic heterocycles. The molecule has 0 saturated carbocycles. The SMILES string of the molecule is COc1ccc(NC(=O)Cc2csc(NC(=O)Cc3cccs3)n2)cc1NC(C)=O. The van der Waals surface area contributed by atoms with Crippen molar-refractivity contribution in [2.75, 3.05) is 23.1 Å². The molecule has 3 amide bonds. The van der Waals surface area contributed by atoms with Crippen molar-refractivity contribution in [1.29, 1.82) is 0 Å². The maximum atomic E-state index is 12.4. The smallest absolute Gasteiger partial charge is 0.231 e. The van der Waals surface area contributed by atoms with Gasteiger partial charge < -0.3 is 20.7 Å². The molecule has 0 radical (unpaired) electrons. The van der Waals surface area contributed by atoms with E-state index in [-0.39, 0.29) is 24.1 Å². The van der Waals surface area contributed by atoms with Crippen LogP contribution in [0.2, 0.25) is 0 Å². The van der Waals surface area contributed by atoms with Crippen molar-refractivity contribution >= 4 is 56.9 Å². The minimum Gasteiger partial charge on any atom is -0.495 e.